The zero-order chi connectivity index (χ0) is 12.2. The number of nitrogens with one attached hydrogen (secondary N) is 1. The quantitative estimate of drug-likeness (QED) is 0.766. The molecule has 2 N–H and O–H groups in total. The van der Waals surface area contributed by atoms with Crippen molar-refractivity contribution in [3.63, 3.8) is 0 Å². The third kappa shape index (κ3) is 3.53. The van der Waals surface area contributed by atoms with Crippen molar-refractivity contribution >= 4 is 5.69 Å². The Kier molecular flexibility index (Phi) is 4.36. The van der Waals surface area contributed by atoms with E-state index in [1.54, 1.807) is 0 Å². The van der Waals surface area contributed by atoms with Crippen molar-refractivity contribution in [3.8, 4) is 0 Å². The Morgan fingerprint density at radius 3 is 2.44 bits per heavy atom. The minimum Gasteiger partial charge on any atom is -0.396 e. The second-order valence-electron chi connectivity index (χ2n) is 5.28. The molecule has 0 aromatic heterocycles. The number of hydrogen-bond donors (Lipinski definition) is 2. The van der Waals surface area contributed by atoms with E-state index in [0.29, 0.717) is 0 Å². The predicted molar refractivity (Wildman–Crippen MR) is 70.1 cm³/mol. The number of rotatable bonds is 4. The highest BCUT2D eigenvalue weighted by atomic mass is 16.3. The summed E-state index contributed by atoms with van der Waals surface area (Å²) in [4.78, 5) is 0. The van der Waals surface area contributed by atoms with Gasteiger partial charge >= 0.3 is 0 Å². The molecule has 2 heteroatoms. The Morgan fingerprint density at radius 1 is 1.25 bits per heavy atom. The van der Waals surface area contributed by atoms with Gasteiger partial charge in [0.15, 0.2) is 0 Å². The second kappa shape index (κ2) is 5.35. The van der Waals surface area contributed by atoms with Crippen LogP contribution in [0.4, 0.5) is 5.69 Å². The Bertz CT molecular complexity index is 339. The largest absolute Gasteiger partial charge is 0.396 e. The Hall–Kier alpha value is -1.02. The second-order valence-corrected chi connectivity index (χ2v) is 5.28. The van der Waals surface area contributed by atoms with Crippen molar-refractivity contribution in [1.82, 2.24) is 0 Å². The first-order chi connectivity index (χ1) is 7.45. The van der Waals surface area contributed by atoms with Gasteiger partial charge in [-0.3, -0.25) is 0 Å². The highest BCUT2D eigenvalue weighted by Crippen LogP contribution is 2.26. The third-order valence-electron chi connectivity index (χ3n) is 2.74. The average molecular weight is 221 g/mol. The van der Waals surface area contributed by atoms with Crippen molar-refractivity contribution in [1.29, 1.82) is 0 Å². The van der Waals surface area contributed by atoms with E-state index in [4.69, 9.17) is 5.11 Å². The standard InChI is InChI=1S/C14H23NO/c1-11-10-12(14(2,3)4)6-7-13(11)15-8-5-9-16/h6-7,10,15-16H,5,8-9H2,1-4H3. The minimum absolute atomic E-state index is 0.203. The van der Waals surface area contributed by atoms with Crippen LogP contribution in [0.2, 0.25) is 0 Å². The van der Waals surface area contributed by atoms with Crippen LogP contribution < -0.4 is 5.32 Å². The Morgan fingerprint density at radius 2 is 1.94 bits per heavy atom. The van der Waals surface area contributed by atoms with Crippen LogP contribution >= 0.6 is 0 Å². The van der Waals surface area contributed by atoms with Gasteiger partial charge in [-0.2, -0.15) is 0 Å². The van der Waals surface area contributed by atoms with E-state index in [-0.39, 0.29) is 12.0 Å². The van der Waals surface area contributed by atoms with E-state index in [9.17, 15) is 0 Å². The van der Waals surface area contributed by atoms with Crippen LogP contribution in [-0.4, -0.2) is 18.3 Å². The van der Waals surface area contributed by atoms with Gasteiger partial charge in [-0.1, -0.05) is 32.9 Å². The molecule has 1 aromatic carbocycles. The van der Waals surface area contributed by atoms with Gasteiger partial charge in [-0.15, -0.1) is 0 Å². The third-order valence-corrected chi connectivity index (χ3v) is 2.74. The first-order valence-corrected chi connectivity index (χ1v) is 5.91. The van der Waals surface area contributed by atoms with E-state index in [1.165, 1.54) is 16.8 Å². The molecule has 0 spiro atoms. The fraction of sp³-hybridized carbons (Fsp3) is 0.571. The summed E-state index contributed by atoms with van der Waals surface area (Å²) in [5.74, 6) is 0. The normalized spacial score (nSPS) is 11.6. The summed E-state index contributed by atoms with van der Waals surface area (Å²) in [5, 5.41) is 12.1. The van der Waals surface area contributed by atoms with E-state index >= 15 is 0 Å². The molecule has 0 aliphatic carbocycles. The van der Waals surface area contributed by atoms with E-state index in [2.05, 4.69) is 51.2 Å². The van der Waals surface area contributed by atoms with Gasteiger partial charge in [-0.05, 0) is 36.0 Å². The molecule has 0 aliphatic heterocycles. The zero-order valence-corrected chi connectivity index (χ0v) is 10.8. The topological polar surface area (TPSA) is 32.3 Å². The van der Waals surface area contributed by atoms with Gasteiger partial charge in [0.25, 0.3) is 0 Å². The molecule has 2 nitrogen and oxygen atoms in total. The summed E-state index contributed by atoms with van der Waals surface area (Å²) in [6.07, 6.45) is 0.792. The van der Waals surface area contributed by atoms with E-state index < -0.39 is 0 Å². The van der Waals surface area contributed by atoms with Crippen LogP contribution in [0.15, 0.2) is 18.2 Å². The molecule has 0 aliphatic rings. The van der Waals surface area contributed by atoms with Crippen molar-refractivity contribution < 1.29 is 5.11 Å². The SMILES string of the molecule is Cc1cc(C(C)(C)C)ccc1NCCCO. The van der Waals surface area contributed by atoms with Gasteiger partial charge < -0.3 is 10.4 Å². The maximum Gasteiger partial charge on any atom is 0.0447 e. The first kappa shape index (κ1) is 13.0. The summed E-state index contributed by atoms with van der Waals surface area (Å²) in [6, 6.07) is 6.54. The maximum absolute atomic E-state index is 8.72. The van der Waals surface area contributed by atoms with Crippen LogP contribution in [0.3, 0.4) is 0 Å². The van der Waals surface area contributed by atoms with Gasteiger partial charge in [-0.25, -0.2) is 0 Å². The number of aliphatic hydroxyl groups is 1. The molecule has 0 amide bonds. The molecule has 16 heavy (non-hydrogen) atoms. The number of hydrogen-bond acceptors (Lipinski definition) is 2. The number of benzene rings is 1. The van der Waals surface area contributed by atoms with Crippen LogP contribution in [-0.2, 0) is 5.41 Å². The van der Waals surface area contributed by atoms with Crippen molar-refractivity contribution in [3.05, 3.63) is 29.3 Å². The number of aryl methyl sites for hydroxylation is 1. The molecule has 90 valence electrons. The molecule has 1 rings (SSSR count). The van der Waals surface area contributed by atoms with Crippen LogP contribution in [0, 0.1) is 6.92 Å². The van der Waals surface area contributed by atoms with Crippen molar-refractivity contribution in [2.45, 2.75) is 39.5 Å². The smallest absolute Gasteiger partial charge is 0.0447 e. The fourth-order valence-electron chi connectivity index (χ4n) is 1.63. The molecule has 0 heterocycles. The molecule has 0 fully saturated rings. The number of aliphatic hydroxyl groups excluding tert-OH is 1. The zero-order valence-electron chi connectivity index (χ0n) is 10.8. The predicted octanol–water partition coefficient (Wildman–Crippen LogP) is 3.09. The summed E-state index contributed by atoms with van der Waals surface area (Å²) < 4.78 is 0. The lowest BCUT2D eigenvalue weighted by atomic mass is 9.86. The molecule has 0 atom stereocenters. The molecular weight excluding hydrogens is 198 g/mol. The fourth-order valence-corrected chi connectivity index (χ4v) is 1.63. The monoisotopic (exact) mass is 221 g/mol. The summed E-state index contributed by atoms with van der Waals surface area (Å²) in [6.45, 7) is 9.86. The van der Waals surface area contributed by atoms with Crippen molar-refractivity contribution in [2.75, 3.05) is 18.5 Å². The molecule has 0 unspecified atom stereocenters. The highest BCUT2D eigenvalue weighted by Gasteiger charge is 2.14. The summed E-state index contributed by atoms with van der Waals surface area (Å²) in [7, 11) is 0. The minimum atomic E-state index is 0.203. The van der Waals surface area contributed by atoms with E-state index in [1.807, 2.05) is 0 Å². The average Bonchev–Trinajstić information content (AvgIpc) is 2.19. The molecule has 0 radical (unpaired) electrons. The molecule has 0 saturated heterocycles. The van der Waals surface area contributed by atoms with Crippen LogP contribution in [0.1, 0.15) is 38.3 Å². The highest BCUT2D eigenvalue weighted by molar-refractivity contribution is 5.52. The van der Waals surface area contributed by atoms with E-state index in [0.717, 1.165) is 13.0 Å². The van der Waals surface area contributed by atoms with Gasteiger partial charge in [0.05, 0.1) is 0 Å². The molecule has 0 saturated carbocycles. The van der Waals surface area contributed by atoms with Gasteiger partial charge in [0.1, 0.15) is 0 Å². The number of anilines is 1. The Labute approximate surface area is 98.7 Å². The lowest BCUT2D eigenvalue weighted by Gasteiger charge is -2.21. The first-order valence-electron chi connectivity index (χ1n) is 5.91. The summed E-state index contributed by atoms with van der Waals surface area (Å²) >= 11 is 0. The van der Waals surface area contributed by atoms with Crippen molar-refractivity contribution in [2.24, 2.45) is 0 Å². The summed E-state index contributed by atoms with van der Waals surface area (Å²) in [5.41, 5.74) is 4.00. The maximum atomic E-state index is 8.72. The lowest BCUT2D eigenvalue weighted by Crippen LogP contribution is -2.12. The molecule has 1 aromatic rings. The van der Waals surface area contributed by atoms with Gasteiger partial charge in [0.2, 0.25) is 0 Å². The Balaban J connectivity index is 2.76. The van der Waals surface area contributed by atoms with Crippen LogP contribution in [0.5, 0.6) is 0 Å². The molecular formula is C14H23NO. The van der Waals surface area contributed by atoms with Crippen LogP contribution in [0.25, 0.3) is 0 Å². The lowest BCUT2D eigenvalue weighted by molar-refractivity contribution is 0.292. The molecule has 0 bridgehead atoms. The van der Waals surface area contributed by atoms with Gasteiger partial charge in [0, 0.05) is 18.8 Å².